The van der Waals surface area contributed by atoms with Crippen molar-refractivity contribution in [1.29, 1.82) is 0 Å². The normalized spacial score (nSPS) is 14.6. The summed E-state index contributed by atoms with van der Waals surface area (Å²) in [6, 6.07) is 15.1. The van der Waals surface area contributed by atoms with Crippen LogP contribution in [0.25, 0.3) is 22.6 Å². The van der Waals surface area contributed by atoms with Crippen LogP contribution in [0.2, 0.25) is 0 Å². The summed E-state index contributed by atoms with van der Waals surface area (Å²) in [5.41, 5.74) is 2.83. The fraction of sp³-hybridized carbons (Fsp3) is 0.333. The Bertz CT molecular complexity index is 1120. The van der Waals surface area contributed by atoms with Crippen molar-refractivity contribution in [2.45, 2.75) is 6.42 Å². The standard InChI is InChI=1S/C24H27N5O3/c1-27(2)24(25-11-6-16-30)29-14-12-28(13-15-29)23(31)19-9-10-20-21(17-19)32-22(26-20)18-7-4-3-5-8-18/h3-5,7-10,16-17H,6,11-15H2,1-2H3/b25-24+. The Kier molecular flexibility index (Phi) is 6.49. The largest absolute Gasteiger partial charge is 0.436 e. The minimum absolute atomic E-state index is 0.0199. The molecule has 32 heavy (non-hydrogen) atoms. The zero-order valence-electron chi connectivity index (χ0n) is 18.4. The number of amides is 1. The van der Waals surface area contributed by atoms with Crippen LogP contribution < -0.4 is 0 Å². The molecule has 0 atom stereocenters. The molecule has 1 aliphatic rings. The number of aliphatic imine (C=N–C) groups is 1. The number of hydrogen-bond donors (Lipinski definition) is 0. The molecule has 2 aromatic carbocycles. The molecule has 0 bridgehead atoms. The second-order valence-corrected chi connectivity index (χ2v) is 7.88. The molecule has 4 rings (SSSR count). The Labute approximate surface area is 187 Å². The number of aromatic nitrogens is 1. The number of oxazole rings is 1. The van der Waals surface area contributed by atoms with Crippen molar-refractivity contribution in [3.63, 3.8) is 0 Å². The first-order valence-corrected chi connectivity index (χ1v) is 10.7. The number of fused-ring (bicyclic) bond motifs is 1. The van der Waals surface area contributed by atoms with Crippen molar-refractivity contribution in [3.8, 4) is 11.5 Å². The smallest absolute Gasteiger partial charge is 0.254 e. The van der Waals surface area contributed by atoms with Crippen molar-refractivity contribution in [2.24, 2.45) is 4.99 Å². The van der Waals surface area contributed by atoms with Gasteiger partial charge in [-0.1, -0.05) is 18.2 Å². The van der Waals surface area contributed by atoms with Gasteiger partial charge in [-0.05, 0) is 30.3 Å². The first-order valence-electron chi connectivity index (χ1n) is 10.7. The summed E-state index contributed by atoms with van der Waals surface area (Å²) in [5, 5.41) is 0. The highest BCUT2D eigenvalue weighted by Crippen LogP contribution is 2.25. The van der Waals surface area contributed by atoms with Gasteiger partial charge in [0.1, 0.15) is 11.8 Å². The summed E-state index contributed by atoms with van der Waals surface area (Å²) in [4.78, 5) is 38.7. The highest BCUT2D eigenvalue weighted by Gasteiger charge is 2.25. The Hall–Kier alpha value is -3.68. The van der Waals surface area contributed by atoms with E-state index in [1.54, 1.807) is 12.1 Å². The molecule has 1 amide bonds. The van der Waals surface area contributed by atoms with E-state index in [2.05, 4.69) is 14.9 Å². The van der Waals surface area contributed by atoms with Gasteiger partial charge in [0, 0.05) is 64.4 Å². The number of hydrogen-bond acceptors (Lipinski definition) is 5. The molecule has 0 unspecified atom stereocenters. The van der Waals surface area contributed by atoms with E-state index in [-0.39, 0.29) is 5.91 Å². The Morgan fingerprint density at radius 1 is 1.09 bits per heavy atom. The van der Waals surface area contributed by atoms with E-state index in [9.17, 15) is 9.59 Å². The van der Waals surface area contributed by atoms with E-state index < -0.39 is 0 Å². The summed E-state index contributed by atoms with van der Waals surface area (Å²) in [6.45, 7) is 3.05. The van der Waals surface area contributed by atoms with E-state index >= 15 is 0 Å². The number of aldehydes is 1. The number of nitrogens with zero attached hydrogens (tertiary/aromatic N) is 5. The lowest BCUT2D eigenvalue weighted by Gasteiger charge is -2.38. The van der Waals surface area contributed by atoms with Gasteiger partial charge in [-0.2, -0.15) is 0 Å². The Morgan fingerprint density at radius 2 is 1.81 bits per heavy atom. The van der Waals surface area contributed by atoms with E-state index in [0.717, 1.165) is 23.3 Å². The van der Waals surface area contributed by atoms with Gasteiger partial charge in [0.15, 0.2) is 11.5 Å². The fourth-order valence-corrected chi connectivity index (χ4v) is 3.80. The van der Waals surface area contributed by atoms with Gasteiger partial charge in [-0.15, -0.1) is 0 Å². The van der Waals surface area contributed by atoms with E-state index in [0.29, 0.717) is 56.2 Å². The molecule has 1 saturated heterocycles. The van der Waals surface area contributed by atoms with Crippen LogP contribution in [0.4, 0.5) is 0 Å². The van der Waals surface area contributed by atoms with Gasteiger partial charge in [0.2, 0.25) is 5.89 Å². The number of carbonyl (C=O) groups excluding carboxylic acids is 2. The number of piperazine rings is 1. The maximum atomic E-state index is 13.1. The molecule has 0 N–H and O–H groups in total. The average molecular weight is 434 g/mol. The third-order valence-corrected chi connectivity index (χ3v) is 5.41. The number of guanidine groups is 1. The van der Waals surface area contributed by atoms with Crippen molar-refractivity contribution >= 4 is 29.3 Å². The number of carbonyl (C=O) groups is 2. The molecule has 0 radical (unpaired) electrons. The van der Waals surface area contributed by atoms with Crippen LogP contribution in [0.15, 0.2) is 57.9 Å². The van der Waals surface area contributed by atoms with Crippen molar-refractivity contribution in [2.75, 3.05) is 46.8 Å². The topological polar surface area (TPSA) is 82.3 Å². The van der Waals surface area contributed by atoms with Crippen LogP contribution in [0.1, 0.15) is 16.8 Å². The van der Waals surface area contributed by atoms with Crippen LogP contribution in [0.3, 0.4) is 0 Å². The van der Waals surface area contributed by atoms with Gasteiger partial charge < -0.3 is 23.9 Å². The molecule has 8 nitrogen and oxygen atoms in total. The molecular weight excluding hydrogens is 406 g/mol. The number of benzene rings is 2. The summed E-state index contributed by atoms with van der Waals surface area (Å²) in [6.07, 6.45) is 1.29. The summed E-state index contributed by atoms with van der Waals surface area (Å²) in [7, 11) is 3.88. The minimum Gasteiger partial charge on any atom is -0.436 e. The predicted octanol–water partition coefficient (Wildman–Crippen LogP) is 2.76. The summed E-state index contributed by atoms with van der Waals surface area (Å²) < 4.78 is 5.92. The van der Waals surface area contributed by atoms with Gasteiger partial charge in [0.05, 0.1) is 0 Å². The second kappa shape index (κ2) is 9.64. The average Bonchev–Trinajstić information content (AvgIpc) is 3.25. The molecule has 1 aliphatic heterocycles. The zero-order chi connectivity index (χ0) is 22.5. The third-order valence-electron chi connectivity index (χ3n) is 5.41. The van der Waals surface area contributed by atoms with Crippen LogP contribution in [-0.2, 0) is 4.79 Å². The monoisotopic (exact) mass is 433 g/mol. The van der Waals surface area contributed by atoms with Crippen LogP contribution in [-0.4, -0.2) is 84.7 Å². The van der Waals surface area contributed by atoms with Gasteiger partial charge in [-0.25, -0.2) is 4.98 Å². The van der Waals surface area contributed by atoms with Gasteiger partial charge >= 0.3 is 0 Å². The molecule has 0 aliphatic carbocycles. The fourth-order valence-electron chi connectivity index (χ4n) is 3.80. The lowest BCUT2D eigenvalue weighted by atomic mass is 10.1. The van der Waals surface area contributed by atoms with E-state index in [1.807, 2.05) is 60.3 Å². The highest BCUT2D eigenvalue weighted by atomic mass is 16.3. The van der Waals surface area contributed by atoms with Crippen molar-refractivity contribution in [1.82, 2.24) is 19.7 Å². The lowest BCUT2D eigenvalue weighted by Crippen LogP contribution is -2.53. The lowest BCUT2D eigenvalue weighted by molar-refractivity contribution is -0.107. The first kappa shape index (κ1) is 21.5. The van der Waals surface area contributed by atoms with Crippen LogP contribution >= 0.6 is 0 Å². The van der Waals surface area contributed by atoms with Gasteiger partial charge in [-0.3, -0.25) is 9.79 Å². The molecule has 3 aromatic rings. The molecule has 1 aromatic heterocycles. The van der Waals surface area contributed by atoms with Crippen molar-refractivity contribution in [3.05, 3.63) is 54.1 Å². The third kappa shape index (κ3) is 4.64. The molecule has 8 heteroatoms. The predicted molar refractivity (Wildman–Crippen MR) is 124 cm³/mol. The summed E-state index contributed by atoms with van der Waals surface area (Å²) in [5.74, 6) is 1.37. The molecule has 0 saturated carbocycles. The maximum Gasteiger partial charge on any atom is 0.254 e. The SMILES string of the molecule is CN(C)/C(=N\CCC=O)N1CCN(C(=O)c2ccc3nc(-c4ccccc4)oc3c2)CC1. The van der Waals surface area contributed by atoms with Crippen LogP contribution in [0.5, 0.6) is 0 Å². The van der Waals surface area contributed by atoms with Crippen molar-refractivity contribution < 1.29 is 14.0 Å². The summed E-state index contributed by atoms with van der Waals surface area (Å²) >= 11 is 0. The van der Waals surface area contributed by atoms with Gasteiger partial charge in [0.25, 0.3) is 5.91 Å². The molecule has 166 valence electrons. The second-order valence-electron chi connectivity index (χ2n) is 7.88. The molecule has 1 fully saturated rings. The quantitative estimate of drug-likeness (QED) is 0.266. The van der Waals surface area contributed by atoms with E-state index in [4.69, 9.17) is 4.42 Å². The molecular formula is C24H27N5O3. The highest BCUT2D eigenvalue weighted by molar-refractivity contribution is 5.97. The first-order chi connectivity index (χ1) is 15.6. The zero-order valence-corrected chi connectivity index (χ0v) is 18.4. The molecule has 2 heterocycles. The van der Waals surface area contributed by atoms with E-state index in [1.165, 1.54) is 0 Å². The minimum atomic E-state index is -0.0199. The Balaban J connectivity index is 1.44. The van der Waals surface area contributed by atoms with Crippen LogP contribution in [0, 0.1) is 0 Å². The molecule has 0 spiro atoms. The maximum absolute atomic E-state index is 13.1. The Morgan fingerprint density at radius 3 is 2.50 bits per heavy atom. The number of rotatable bonds is 5.